The first kappa shape index (κ1) is 14.3. The van der Waals surface area contributed by atoms with Crippen molar-refractivity contribution < 1.29 is 4.74 Å². The van der Waals surface area contributed by atoms with E-state index in [-0.39, 0.29) is 12.4 Å². The van der Waals surface area contributed by atoms with Crippen LogP contribution in [-0.4, -0.2) is 37.7 Å². The maximum atomic E-state index is 5.15. The van der Waals surface area contributed by atoms with Gasteiger partial charge in [-0.3, -0.25) is 4.90 Å². The van der Waals surface area contributed by atoms with E-state index in [9.17, 15) is 0 Å². The number of benzene rings is 1. The summed E-state index contributed by atoms with van der Waals surface area (Å²) in [7, 11) is 1.70. The van der Waals surface area contributed by atoms with Crippen LogP contribution in [-0.2, 0) is 6.54 Å². The maximum Gasteiger partial charge on any atom is 0.118 e. The monoisotopic (exact) mass is 256 g/mol. The Morgan fingerprint density at radius 3 is 2.65 bits per heavy atom. The zero-order chi connectivity index (χ0) is 11.4. The van der Waals surface area contributed by atoms with Crippen molar-refractivity contribution in [2.45, 2.75) is 19.5 Å². The molecule has 0 radical (unpaired) electrons. The van der Waals surface area contributed by atoms with Gasteiger partial charge in [-0.15, -0.1) is 12.4 Å². The van der Waals surface area contributed by atoms with Crippen molar-refractivity contribution in [1.29, 1.82) is 0 Å². The number of nitrogens with zero attached hydrogens (tertiary/aromatic N) is 1. The maximum absolute atomic E-state index is 5.15. The van der Waals surface area contributed by atoms with Crippen LogP contribution in [0.5, 0.6) is 5.75 Å². The van der Waals surface area contributed by atoms with Crippen molar-refractivity contribution in [2.24, 2.45) is 0 Å². The van der Waals surface area contributed by atoms with Crippen LogP contribution in [0.3, 0.4) is 0 Å². The molecule has 0 saturated carbocycles. The number of methoxy groups -OCH3 is 1. The molecule has 0 aromatic heterocycles. The molecule has 96 valence electrons. The molecule has 0 spiro atoms. The molecule has 0 amide bonds. The van der Waals surface area contributed by atoms with Gasteiger partial charge in [0.25, 0.3) is 0 Å². The summed E-state index contributed by atoms with van der Waals surface area (Å²) in [6.07, 6.45) is 0. The number of ether oxygens (including phenoxy) is 1. The van der Waals surface area contributed by atoms with E-state index >= 15 is 0 Å². The Bertz CT molecular complexity index is 329. The first-order chi connectivity index (χ1) is 7.78. The second-order valence-electron chi connectivity index (χ2n) is 4.44. The van der Waals surface area contributed by atoms with Gasteiger partial charge in [0.15, 0.2) is 0 Å². The Kier molecular flexibility index (Phi) is 5.75. The van der Waals surface area contributed by atoms with E-state index in [1.165, 1.54) is 5.56 Å². The molecule has 0 bridgehead atoms. The topological polar surface area (TPSA) is 24.5 Å². The highest BCUT2D eigenvalue weighted by atomic mass is 35.5. The minimum atomic E-state index is 0. The van der Waals surface area contributed by atoms with Crippen molar-refractivity contribution in [1.82, 2.24) is 10.2 Å². The Hall–Kier alpha value is -0.770. The molecule has 1 heterocycles. The Morgan fingerprint density at radius 1 is 1.35 bits per heavy atom. The smallest absolute Gasteiger partial charge is 0.118 e. The van der Waals surface area contributed by atoms with Crippen LogP contribution < -0.4 is 10.1 Å². The summed E-state index contributed by atoms with van der Waals surface area (Å²) in [5.41, 5.74) is 1.36. The van der Waals surface area contributed by atoms with Crippen molar-refractivity contribution >= 4 is 12.4 Å². The van der Waals surface area contributed by atoms with Crippen LogP contribution in [0.1, 0.15) is 12.5 Å². The zero-order valence-electron chi connectivity index (χ0n) is 10.5. The number of hydrogen-bond acceptors (Lipinski definition) is 3. The van der Waals surface area contributed by atoms with E-state index in [0.717, 1.165) is 31.9 Å². The van der Waals surface area contributed by atoms with Gasteiger partial charge in [0.05, 0.1) is 7.11 Å². The highest BCUT2D eigenvalue weighted by Gasteiger charge is 2.15. The quantitative estimate of drug-likeness (QED) is 0.894. The summed E-state index contributed by atoms with van der Waals surface area (Å²) in [5.74, 6) is 0.928. The van der Waals surface area contributed by atoms with E-state index in [1.54, 1.807) is 7.11 Å². The second kappa shape index (κ2) is 6.84. The molecule has 4 heteroatoms. The Morgan fingerprint density at radius 2 is 2.06 bits per heavy atom. The fraction of sp³-hybridized carbons (Fsp3) is 0.538. The van der Waals surface area contributed by atoms with Crippen molar-refractivity contribution in [2.75, 3.05) is 26.7 Å². The molecule has 17 heavy (non-hydrogen) atoms. The fourth-order valence-corrected chi connectivity index (χ4v) is 2.14. The van der Waals surface area contributed by atoms with Gasteiger partial charge in [-0.05, 0) is 24.6 Å². The van der Waals surface area contributed by atoms with Gasteiger partial charge in [0.1, 0.15) is 5.75 Å². The van der Waals surface area contributed by atoms with Gasteiger partial charge in [-0.2, -0.15) is 0 Å². The van der Waals surface area contributed by atoms with E-state index in [4.69, 9.17) is 4.74 Å². The average Bonchev–Trinajstić information content (AvgIpc) is 2.30. The van der Waals surface area contributed by atoms with Gasteiger partial charge in [0, 0.05) is 32.2 Å². The van der Waals surface area contributed by atoms with Crippen LogP contribution >= 0.6 is 12.4 Å². The van der Waals surface area contributed by atoms with Crippen LogP contribution in [0.4, 0.5) is 0 Å². The number of nitrogens with one attached hydrogen (secondary N) is 1. The zero-order valence-corrected chi connectivity index (χ0v) is 11.3. The van der Waals surface area contributed by atoms with E-state index in [2.05, 4.69) is 29.3 Å². The molecule has 1 aliphatic heterocycles. The normalized spacial score (nSPS) is 20.7. The molecule has 1 aliphatic rings. The molecular formula is C13H21ClN2O. The summed E-state index contributed by atoms with van der Waals surface area (Å²) in [6.45, 7) is 6.63. The molecule has 1 atom stereocenters. The third kappa shape index (κ3) is 4.19. The summed E-state index contributed by atoms with van der Waals surface area (Å²) in [4.78, 5) is 2.49. The van der Waals surface area contributed by atoms with Gasteiger partial charge < -0.3 is 10.1 Å². The van der Waals surface area contributed by atoms with E-state index < -0.39 is 0 Å². The third-order valence-electron chi connectivity index (χ3n) is 3.02. The number of rotatable bonds is 3. The molecule has 2 rings (SSSR count). The molecule has 1 fully saturated rings. The van der Waals surface area contributed by atoms with Crippen LogP contribution in [0, 0.1) is 0 Å². The van der Waals surface area contributed by atoms with Crippen LogP contribution in [0.2, 0.25) is 0 Å². The summed E-state index contributed by atoms with van der Waals surface area (Å²) in [5, 5.41) is 3.45. The standard InChI is InChI=1S/C13H20N2O.ClH/c1-11-9-15(8-7-14-11)10-12-3-5-13(16-2)6-4-12;/h3-6,11,14H,7-10H2,1-2H3;1H. The van der Waals surface area contributed by atoms with Crippen molar-refractivity contribution in [3.05, 3.63) is 29.8 Å². The lowest BCUT2D eigenvalue weighted by atomic mass is 10.1. The first-order valence-corrected chi connectivity index (χ1v) is 5.86. The highest BCUT2D eigenvalue weighted by Crippen LogP contribution is 2.13. The minimum Gasteiger partial charge on any atom is -0.497 e. The molecule has 1 unspecified atom stereocenters. The predicted molar refractivity (Wildman–Crippen MR) is 73.0 cm³/mol. The van der Waals surface area contributed by atoms with E-state index in [0.29, 0.717) is 6.04 Å². The molecular weight excluding hydrogens is 236 g/mol. The number of hydrogen-bond donors (Lipinski definition) is 1. The molecule has 1 aromatic rings. The molecule has 1 saturated heterocycles. The summed E-state index contributed by atoms with van der Waals surface area (Å²) >= 11 is 0. The van der Waals surface area contributed by atoms with Gasteiger partial charge in [-0.1, -0.05) is 12.1 Å². The highest BCUT2D eigenvalue weighted by molar-refractivity contribution is 5.85. The third-order valence-corrected chi connectivity index (χ3v) is 3.02. The van der Waals surface area contributed by atoms with Gasteiger partial charge in [-0.25, -0.2) is 0 Å². The minimum absolute atomic E-state index is 0. The lowest BCUT2D eigenvalue weighted by molar-refractivity contribution is 0.199. The van der Waals surface area contributed by atoms with E-state index in [1.807, 2.05) is 12.1 Å². The van der Waals surface area contributed by atoms with Crippen LogP contribution in [0.25, 0.3) is 0 Å². The SMILES string of the molecule is COc1ccc(CN2CCNC(C)C2)cc1.Cl. The fourth-order valence-electron chi connectivity index (χ4n) is 2.14. The molecule has 0 aliphatic carbocycles. The second-order valence-corrected chi connectivity index (χ2v) is 4.44. The number of halogens is 1. The average molecular weight is 257 g/mol. The van der Waals surface area contributed by atoms with Crippen molar-refractivity contribution in [3.8, 4) is 5.75 Å². The summed E-state index contributed by atoms with van der Waals surface area (Å²) in [6, 6.07) is 8.95. The lowest BCUT2D eigenvalue weighted by Crippen LogP contribution is -2.48. The number of piperazine rings is 1. The van der Waals surface area contributed by atoms with Crippen LogP contribution in [0.15, 0.2) is 24.3 Å². The Labute approximate surface area is 110 Å². The largest absolute Gasteiger partial charge is 0.497 e. The first-order valence-electron chi connectivity index (χ1n) is 5.86. The Balaban J connectivity index is 0.00000144. The molecule has 1 aromatic carbocycles. The summed E-state index contributed by atoms with van der Waals surface area (Å²) < 4.78 is 5.15. The molecule has 1 N–H and O–H groups in total. The van der Waals surface area contributed by atoms with Crippen molar-refractivity contribution in [3.63, 3.8) is 0 Å². The van der Waals surface area contributed by atoms with Gasteiger partial charge in [0.2, 0.25) is 0 Å². The lowest BCUT2D eigenvalue weighted by Gasteiger charge is -2.31. The molecule has 3 nitrogen and oxygen atoms in total. The predicted octanol–water partition coefficient (Wildman–Crippen LogP) is 1.91. The van der Waals surface area contributed by atoms with Gasteiger partial charge >= 0.3 is 0 Å².